The highest BCUT2D eigenvalue weighted by Gasteiger charge is 2.43. The summed E-state index contributed by atoms with van der Waals surface area (Å²) < 4.78 is 4.70. The van der Waals surface area contributed by atoms with Gasteiger partial charge in [-0.05, 0) is 12.8 Å². The van der Waals surface area contributed by atoms with Gasteiger partial charge in [-0.1, -0.05) is 0 Å². The summed E-state index contributed by atoms with van der Waals surface area (Å²) >= 11 is 0. The quantitative estimate of drug-likeness (QED) is 0.560. The average molecular weight is 141 g/mol. The molecule has 2 aliphatic rings. The van der Waals surface area contributed by atoms with Crippen molar-refractivity contribution in [3.8, 4) is 0 Å². The molecule has 1 N–H and O–H groups in total. The molecule has 0 unspecified atom stereocenters. The first-order chi connectivity index (χ1) is 4.77. The predicted molar refractivity (Wildman–Crippen MR) is 31.1 cm³/mol. The van der Waals surface area contributed by atoms with Gasteiger partial charge in [-0.15, -0.1) is 0 Å². The molecule has 4 nitrogen and oxygen atoms in total. The minimum Gasteiger partial charge on any atom is -0.435 e. The zero-order chi connectivity index (χ0) is 7.14. The van der Waals surface area contributed by atoms with Crippen LogP contribution >= 0.6 is 0 Å². The summed E-state index contributed by atoms with van der Waals surface area (Å²) in [5.41, 5.74) is 0. The van der Waals surface area contributed by atoms with Gasteiger partial charge in [0.2, 0.25) is 0 Å². The highest BCUT2D eigenvalue weighted by atomic mass is 16.6. The predicted octanol–water partition coefficient (Wildman–Crippen LogP) is 0.0314. The van der Waals surface area contributed by atoms with Crippen LogP contribution in [0.1, 0.15) is 12.8 Å². The van der Waals surface area contributed by atoms with Crippen LogP contribution in [-0.4, -0.2) is 18.1 Å². The number of amides is 2. The summed E-state index contributed by atoms with van der Waals surface area (Å²) in [4.78, 5) is 21.3. The van der Waals surface area contributed by atoms with Gasteiger partial charge in [-0.3, -0.25) is 10.1 Å². The molecule has 4 heteroatoms. The van der Waals surface area contributed by atoms with Crippen LogP contribution in [0.2, 0.25) is 0 Å². The highest BCUT2D eigenvalue weighted by molar-refractivity contribution is 6.00. The van der Waals surface area contributed by atoms with E-state index in [0.717, 1.165) is 12.8 Å². The first-order valence-corrected chi connectivity index (χ1v) is 3.29. The van der Waals surface area contributed by atoms with Gasteiger partial charge in [0.15, 0.2) is 6.10 Å². The summed E-state index contributed by atoms with van der Waals surface area (Å²) in [5.74, 6) is 0.0268. The molecule has 1 aliphatic carbocycles. The van der Waals surface area contributed by atoms with Gasteiger partial charge < -0.3 is 4.74 Å². The number of carbonyl (C=O) groups excluding carboxylic acids is 2. The third-order valence-corrected chi connectivity index (χ3v) is 1.77. The molecule has 0 spiro atoms. The molecule has 1 atom stereocenters. The molecule has 1 saturated carbocycles. The lowest BCUT2D eigenvalue weighted by atomic mass is 10.2. The Bertz CT molecular complexity index is 197. The van der Waals surface area contributed by atoms with E-state index in [0.29, 0.717) is 5.92 Å². The third kappa shape index (κ3) is 0.761. The summed E-state index contributed by atoms with van der Waals surface area (Å²) in [6.45, 7) is 0. The summed E-state index contributed by atoms with van der Waals surface area (Å²) in [7, 11) is 0. The number of hydrogen-bond donors (Lipinski definition) is 1. The first-order valence-electron chi connectivity index (χ1n) is 3.29. The molecule has 1 saturated heterocycles. The normalized spacial score (nSPS) is 31.8. The fraction of sp³-hybridized carbons (Fsp3) is 0.667. The standard InChI is InChI=1S/C6H7NO3/c8-5-4(3-1-2-3)10-6(9)7-5/h3-4H,1-2H2,(H,7,8,9)/t4-/m1/s1. The molecular formula is C6H7NO3. The maximum atomic E-state index is 10.8. The van der Waals surface area contributed by atoms with Crippen molar-refractivity contribution in [3.05, 3.63) is 0 Å². The molecule has 1 heterocycles. The van der Waals surface area contributed by atoms with Gasteiger partial charge in [0, 0.05) is 5.92 Å². The van der Waals surface area contributed by atoms with E-state index in [2.05, 4.69) is 5.32 Å². The maximum absolute atomic E-state index is 10.8. The Kier molecular flexibility index (Phi) is 0.977. The molecule has 10 heavy (non-hydrogen) atoms. The average Bonchev–Trinajstić information content (AvgIpc) is 2.61. The van der Waals surface area contributed by atoms with Crippen molar-refractivity contribution in [2.75, 3.05) is 0 Å². The first kappa shape index (κ1) is 5.70. The van der Waals surface area contributed by atoms with Gasteiger partial charge in [0.1, 0.15) is 0 Å². The summed E-state index contributed by atoms with van der Waals surface area (Å²) in [6.07, 6.45) is 0.936. The summed E-state index contributed by atoms with van der Waals surface area (Å²) in [6, 6.07) is 0. The number of alkyl carbamates (subject to hydrolysis) is 1. The van der Waals surface area contributed by atoms with Gasteiger partial charge in [-0.25, -0.2) is 4.79 Å². The lowest BCUT2D eigenvalue weighted by Crippen LogP contribution is -2.25. The molecule has 1 aliphatic heterocycles. The van der Waals surface area contributed by atoms with E-state index in [4.69, 9.17) is 4.74 Å². The Labute approximate surface area is 57.5 Å². The molecule has 54 valence electrons. The second-order valence-corrected chi connectivity index (χ2v) is 2.65. The van der Waals surface area contributed by atoms with Crippen LogP contribution in [0.5, 0.6) is 0 Å². The Hall–Kier alpha value is -1.06. The summed E-state index contributed by atoms with van der Waals surface area (Å²) in [5, 5.41) is 2.09. The van der Waals surface area contributed by atoms with E-state index in [1.165, 1.54) is 0 Å². The number of carbonyl (C=O) groups is 2. The number of hydrogen-bond acceptors (Lipinski definition) is 3. The smallest absolute Gasteiger partial charge is 0.414 e. The van der Waals surface area contributed by atoms with Crippen LogP contribution in [0.15, 0.2) is 0 Å². The Morgan fingerprint density at radius 3 is 2.50 bits per heavy atom. The Morgan fingerprint density at radius 1 is 1.40 bits per heavy atom. The molecule has 0 radical (unpaired) electrons. The van der Waals surface area contributed by atoms with Crippen molar-refractivity contribution in [1.82, 2.24) is 5.32 Å². The maximum Gasteiger partial charge on any atom is 0.414 e. The number of nitrogens with one attached hydrogen (secondary N) is 1. The fourth-order valence-corrected chi connectivity index (χ4v) is 1.08. The van der Waals surface area contributed by atoms with E-state index in [-0.39, 0.29) is 5.91 Å². The van der Waals surface area contributed by atoms with E-state index < -0.39 is 12.2 Å². The van der Waals surface area contributed by atoms with Gasteiger partial charge in [0.05, 0.1) is 0 Å². The van der Waals surface area contributed by atoms with Crippen molar-refractivity contribution in [1.29, 1.82) is 0 Å². The molecular weight excluding hydrogens is 134 g/mol. The van der Waals surface area contributed by atoms with Crippen molar-refractivity contribution in [3.63, 3.8) is 0 Å². The number of ether oxygens (including phenoxy) is 1. The topological polar surface area (TPSA) is 55.4 Å². The molecule has 0 bridgehead atoms. The molecule has 0 aromatic heterocycles. The third-order valence-electron chi connectivity index (χ3n) is 1.77. The lowest BCUT2D eigenvalue weighted by molar-refractivity contribution is -0.124. The van der Waals surface area contributed by atoms with Gasteiger partial charge in [-0.2, -0.15) is 0 Å². The lowest BCUT2D eigenvalue weighted by Gasteiger charge is -2.00. The largest absolute Gasteiger partial charge is 0.435 e. The molecule has 2 fully saturated rings. The van der Waals surface area contributed by atoms with Crippen molar-refractivity contribution in [2.45, 2.75) is 18.9 Å². The van der Waals surface area contributed by atoms with Gasteiger partial charge in [0.25, 0.3) is 5.91 Å². The monoisotopic (exact) mass is 141 g/mol. The fourth-order valence-electron chi connectivity index (χ4n) is 1.08. The number of rotatable bonds is 1. The van der Waals surface area contributed by atoms with Crippen LogP contribution in [0.3, 0.4) is 0 Å². The highest BCUT2D eigenvalue weighted by Crippen LogP contribution is 2.35. The van der Waals surface area contributed by atoms with Crippen molar-refractivity contribution in [2.24, 2.45) is 5.92 Å². The van der Waals surface area contributed by atoms with E-state index in [1.54, 1.807) is 0 Å². The van der Waals surface area contributed by atoms with E-state index in [1.807, 2.05) is 0 Å². The van der Waals surface area contributed by atoms with Crippen LogP contribution in [0.25, 0.3) is 0 Å². The van der Waals surface area contributed by atoms with Crippen LogP contribution in [-0.2, 0) is 9.53 Å². The minimum atomic E-state index is -0.595. The van der Waals surface area contributed by atoms with Gasteiger partial charge >= 0.3 is 6.09 Å². The molecule has 0 aromatic carbocycles. The van der Waals surface area contributed by atoms with Crippen molar-refractivity contribution >= 4 is 12.0 Å². The van der Waals surface area contributed by atoms with Crippen LogP contribution in [0.4, 0.5) is 4.79 Å². The molecule has 2 rings (SSSR count). The zero-order valence-electron chi connectivity index (χ0n) is 5.29. The Balaban J connectivity index is 2.08. The molecule has 2 amide bonds. The Morgan fingerprint density at radius 2 is 2.10 bits per heavy atom. The van der Waals surface area contributed by atoms with E-state index in [9.17, 15) is 9.59 Å². The minimum absolute atomic E-state index is 0.271. The van der Waals surface area contributed by atoms with Crippen LogP contribution < -0.4 is 5.32 Å². The SMILES string of the molecule is O=C1NC(=O)[C@@H](C2CC2)O1. The number of imide groups is 1. The zero-order valence-corrected chi connectivity index (χ0v) is 5.29. The van der Waals surface area contributed by atoms with E-state index >= 15 is 0 Å². The van der Waals surface area contributed by atoms with Crippen molar-refractivity contribution < 1.29 is 14.3 Å². The number of cyclic esters (lactones) is 1. The second-order valence-electron chi connectivity index (χ2n) is 2.65. The molecule has 0 aromatic rings. The van der Waals surface area contributed by atoms with Crippen LogP contribution in [0, 0.1) is 5.92 Å². The second kappa shape index (κ2) is 1.71.